The molecule has 0 aromatic heterocycles. The highest BCUT2D eigenvalue weighted by Crippen LogP contribution is 2.19. The van der Waals surface area contributed by atoms with Crippen LogP contribution in [0.15, 0.2) is 18.2 Å². The van der Waals surface area contributed by atoms with Crippen molar-refractivity contribution in [2.75, 3.05) is 13.1 Å². The molecule has 1 aliphatic heterocycles. The van der Waals surface area contributed by atoms with E-state index < -0.39 is 17.7 Å². The summed E-state index contributed by atoms with van der Waals surface area (Å²) in [6.45, 7) is 0.529. The lowest BCUT2D eigenvalue weighted by Gasteiger charge is -2.25. The molecule has 1 aliphatic rings. The summed E-state index contributed by atoms with van der Waals surface area (Å²) in [5.74, 6) is -1.90. The molecule has 0 atom stereocenters. The van der Waals surface area contributed by atoms with Gasteiger partial charge in [-0.05, 0) is 12.1 Å². The molecule has 1 aromatic carbocycles. The van der Waals surface area contributed by atoms with Crippen molar-refractivity contribution >= 4 is 11.9 Å². The van der Waals surface area contributed by atoms with Gasteiger partial charge in [-0.1, -0.05) is 0 Å². The molecule has 1 saturated heterocycles. The Hall–Kier alpha value is -1.98. The molecule has 1 fully saturated rings. The number of hydrogen-bond acceptors (Lipinski definition) is 3. The highest BCUT2D eigenvalue weighted by atomic mass is 19.1. The molecule has 1 amide bonds. The first-order valence-corrected chi connectivity index (χ1v) is 5.50. The molecule has 1 aromatic rings. The Morgan fingerprint density at radius 2 is 1.89 bits per heavy atom. The minimum atomic E-state index is -0.934. The molecule has 0 aliphatic carbocycles. The second-order valence-electron chi connectivity index (χ2n) is 3.97. The molecule has 6 heteroatoms. The number of amides is 1. The Bertz CT molecular complexity index is 480. The largest absolute Gasteiger partial charge is 0.415 e. The van der Waals surface area contributed by atoms with Crippen LogP contribution in [0.3, 0.4) is 0 Å². The average Bonchev–Trinajstić information content (AvgIpc) is 2.33. The maximum absolute atomic E-state index is 13.3. The fraction of sp³-hybridized carbons (Fsp3) is 0.333. The predicted molar refractivity (Wildman–Crippen MR) is 58.2 cm³/mol. The Labute approximate surface area is 102 Å². The number of carbonyl (C=O) groups excluding carboxylic acids is 2. The third-order valence-corrected chi connectivity index (χ3v) is 2.67. The van der Waals surface area contributed by atoms with Crippen molar-refractivity contribution in [1.29, 1.82) is 0 Å². The van der Waals surface area contributed by atoms with E-state index in [4.69, 9.17) is 4.74 Å². The monoisotopic (exact) mass is 255 g/mol. The Morgan fingerprint density at radius 1 is 1.22 bits per heavy atom. The van der Waals surface area contributed by atoms with Crippen LogP contribution in [0, 0.1) is 11.6 Å². The van der Waals surface area contributed by atoms with Crippen molar-refractivity contribution < 1.29 is 23.1 Å². The summed E-state index contributed by atoms with van der Waals surface area (Å²) in [7, 11) is 0. The number of piperidine rings is 1. The van der Waals surface area contributed by atoms with Crippen molar-refractivity contribution in [3.05, 3.63) is 29.8 Å². The minimum Gasteiger partial charge on any atom is -0.407 e. The standard InChI is InChI=1S/C12H11F2NO3/c13-8-1-2-11(10(14)7-8)18-12(17)15-5-3-9(16)4-6-15/h1-2,7H,3-6H2. The van der Waals surface area contributed by atoms with E-state index in [9.17, 15) is 18.4 Å². The molecule has 4 nitrogen and oxygen atoms in total. The predicted octanol–water partition coefficient (Wildman–Crippen LogP) is 2.13. The molecule has 1 heterocycles. The highest BCUT2D eigenvalue weighted by Gasteiger charge is 2.23. The zero-order chi connectivity index (χ0) is 13.1. The van der Waals surface area contributed by atoms with Crippen molar-refractivity contribution in [2.45, 2.75) is 12.8 Å². The third-order valence-electron chi connectivity index (χ3n) is 2.67. The molecular formula is C12H11F2NO3. The van der Waals surface area contributed by atoms with Crippen molar-refractivity contribution in [2.24, 2.45) is 0 Å². The number of halogens is 2. The first-order valence-electron chi connectivity index (χ1n) is 5.50. The number of carbonyl (C=O) groups is 2. The summed E-state index contributed by atoms with van der Waals surface area (Å²) < 4.78 is 30.7. The van der Waals surface area contributed by atoms with Crippen molar-refractivity contribution in [1.82, 2.24) is 4.90 Å². The molecule has 0 unspecified atom stereocenters. The summed E-state index contributed by atoms with van der Waals surface area (Å²) >= 11 is 0. The van der Waals surface area contributed by atoms with Crippen LogP contribution in [0.5, 0.6) is 5.75 Å². The minimum absolute atomic E-state index is 0.0898. The molecule has 0 bridgehead atoms. The fourth-order valence-corrected chi connectivity index (χ4v) is 1.66. The SMILES string of the molecule is O=C1CCN(C(=O)Oc2ccc(F)cc2F)CC1. The van der Waals surface area contributed by atoms with E-state index in [0.29, 0.717) is 6.07 Å². The molecule has 0 spiro atoms. The Kier molecular flexibility index (Phi) is 3.55. The van der Waals surface area contributed by atoms with Gasteiger partial charge in [-0.3, -0.25) is 4.79 Å². The number of ether oxygens (including phenoxy) is 1. The van der Waals surface area contributed by atoms with E-state index in [1.54, 1.807) is 0 Å². The third kappa shape index (κ3) is 2.82. The van der Waals surface area contributed by atoms with Crippen LogP contribution >= 0.6 is 0 Å². The Balaban J connectivity index is 2.00. The molecule has 18 heavy (non-hydrogen) atoms. The van der Waals surface area contributed by atoms with Crippen LogP contribution in [0.1, 0.15) is 12.8 Å². The lowest BCUT2D eigenvalue weighted by Crippen LogP contribution is -2.40. The van der Waals surface area contributed by atoms with Gasteiger partial charge in [0.1, 0.15) is 11.6 Å². The number of hydrogen-bond donors (Lipinski definition) is 0. The van der Waals surface area contributed by atoms with E-state index in [-0.39, 0.29) is 37.5 Å². The molecule has 0 radical (unpaired) electrons. The van der Waals surface area contributed by atoms with E-state index in [0.717, 1.165) is 12.1 Å². The zero-order valence-electron chi connectivity index (χ0n) is 9.49. The number of ketones is 1. The second-order valence-corrected chi connectivity index (χ2v) is 3.97. The molecule has 96 valence electrons. The maximum atomic E-state index is 13.3. The maximum Gasteiger partial charge on any atom is 0.415 e. The molecule has 0 N–H and O–H groups in total. The van der Waals surface area contributed by atoms with Gasteiger partial charge < -0.3 is 9.64 Å². The lowest BCUT2D eigenvalue weighted by molar-refractivity contribution is -0.121. The Morgan fingerprint density at radius 3 is 2.50 bits per heavy atom. The van der Waals surface area contributed by atoms with E-state index >= 15 is 0 Å². The summed E-state index contributed by atoms with van der Waals surface area (Å²) in [5, 5.41) is 0. The lowest BCUT2D eigenvalue weighted by atomic mass is 10.1. The summed E-state index contributed by atoms with van der Waals surface area (Å²) in [4.78, 5) is 24.0. The molecule has 0 saturated carbocycles. The summed E-state index contributed by atoms with van der Waals surface area (Å²) in [6, 6.07) is 2.70. The van der Waals surface area contributed by atoms with Gasteiger partial charge in [0.15, 0.2) is 11.6 Å². The topological polar surface area (TPSA) is 46.6 Å². The second kappa shape index (κ2) is 5.12. The van der Waals surface area contributed by atoms with E-state index in [1.165, 1.54) is 4.90 Å². The van der Waals surface area contributed by atoms with Gasteiger partial charge in [-0.15, -0.1) is 0 Å². The summed E-state index contributed by atoms with van der Waals surface area (Å²) in [6.07, 6.45) is -0.171. The van der Waals surface area contributed by atoms with Gasteiger partial charge in [-0.2, -0.15) is 0 Å². The van der Waals surface area contributed by atoms with Crippen LogP contribution < -0.4 is 4.74 Å². The van der Waals surface area contributed by atoms with Crippen LogP contribution in [0.25, 0.3) is 0 Å². The van der Waals surface area contributed by atoms with Gasteiger partial charge in [0.2, 0.25) is 0 Å². The average molecular weight is 255 g/mol. The van der Waals surface area contributed by atoms with E-state index in [2.05, 4.69) is 0 Å². The van der Waals surface area contributed by atoms with Gasteiger partial charge in [-0.25, -0.2) is 13.6 Å². The smallest absolute Gasteiger partial charge is 0.407 e. The number of rotatable bonds is 1. The zero-order valence-corrected chi connectivity index (χ0v) is 9.49. The quantitative estimate of drug-likeness (QED) is 0.772. The van der Waals surface area contributed by atoms with Crippen LogP contribution in [0.4, 0.5) is 13.6 Å². The van der Waals surface area contributed by atoms with Crippen LogP contribution in [-0.4, -0.2) is 29.9 Å². The number of Topliss-reactive ketones (excluding diaryl/α,β-unsaturated/α-hetero) is 1. The number of likely N-dealkylation sites (tertiary alicyclic amines) is 1. The fourth-order valence-electron chi connectivity index (χ4n) is 1.66. The molecular weight excluding hydrogens is 244 g/mol. The van der Waals surface area contributed by atoms with Gasteiger partial charge in [0.25, 0.3) is 0 Å². The molecule has 2 rings (SSSR count). The normalized spacial score (nSPS) is 15.7. The highest BCUT2D eigenvalue weighted by molar-refractivity contribution is 5.81. The number of benzene rings is 1. The van der Waals surface area contributed by atoms with Crippen LogP contribution in [0.2, 0.25) is 0 Å². The first kappa shape index (κ1) is 12.5. The van der Waals surface area contributed by atoms with Gasteiger partial charge in [0, 0.05) is 32.0 Å². The van der Waals surface area contributed by atoms with Crippen molar-refractivity contribution in [3.63, 3.8) is 0 Å². The van der Waals surface area contributed by atoms with Crippen molar-refractivity contribution in [3.8, 4) is 5.75 Å². The van der Waals surface area contributed by atoms with Crippen LogP contribution in [-0.2, 0) is 4.79 Å². The summed E-state index contributed by atoms with van der Waals surface area (Å²) in [5.41, 5.74) is 0. The number of nitrogens with zero attached hydrogens (tertiary/aromatic N) is 1. The van der Waals surface area contributed by atoms with Gasteiger partial charge >= 0.3 is 6.09 Å². The first-order chi connectivity index (χ1) is 8.56. The van der Waals surface area contributed by atoms with E-state index in [1.807, 2.05) is 0 Å². The van der Waals surface area contributed by atoms with Gasteiger partial charge in [0.05, 0.1) is 0 Å².